The molecule has 0 aromatic carbocycles. The lowest BCUT2D eigenvalue weighted by Gasteiger charge is -2.46. The van der Waals surface area contributed by atoms with Gasteiger partial charge in [0.15, 0.2) is 0 Å². The van der Waals surface area contributed by atoms with Gasteiger partial charge in [0.25, 0.3) is 0 Å². The van der Waals surface area contributed by atoms with Crippen LogP contribution in [0.5, 0.6) is 0 Å². The van der Waals surface area contributed by atoms with Gasteiger partial charge >= 0.3 is 0 Å². The third-order valence-corrected chi connectivity index (χ3v) is 10.5. The summed E-state index contributed by atoms with van der Waals surface area (Å²) in [6.45, 7) is 0. The number of carbonyl (C=O) groups excluding carboxylic acids is 1. The molecule has 0 radical (unpaired) electrons. The highest BCUT2D eigenvalue weighted by molar-refractivity contribution is 5.86. The van der Waals surface area contributed by atoms with Crippen molar-refractivity contribution in [2.45, 2.75) is 89.9 Å². The minimum Gasteiger partial charge on any atom is -0.299 e. The van der Waals surface area contributed by atoms with Gasteiger partial charge < -0.3 is 0 Å². The molecular formula is C23H34O. The molecule has 0 saturated heterocycles. The summed E-state index contributed by atoms with van der Waals surface area (Å²) in [6, 6.07) is 0. The predicted octanol–water partition coefficient (Wildman–Crippen LogP) is 5.77. The quantitative estimate of drug-likeness (QED) is 0.629. The molecule has 1 nitrogen and oxygen atoms in total. The van der Waals surface area contributed by atoms with E-state index in [-0.39, 0.29) is 0 Å². The molecule has 24 heavy (non-hydrogen) atoms. The Morgan fingerprint density at radius 3 is 1.62 bits per heavy atom. The summed E-state index contributed by atoms with van der Waals surface area (Å²) in [6.07, 6.45) is 19.7. The van der Waals surface area contributed by atoms with E-state index in [4.69, 9.17) is 0 Å². The molecule has 6 aliphatic carbocycles. The van der Waals surface area contributed by atoms with E-state index in [0.29, 0.717) is 22.7 Å². The monoisotopic (exact) mass is 326 g/mol. The predicted molar refractivity (Wildman–Crippen MR) is 95.5 cm³/mol. The molecule has 6 fully saturated rings. The molecule has 0 N–H and O–H groups in total. The number of carbonyl (C=O) groups is 1. The van der Waals surface area contributed by atoms with Crippen LogP contribution in [0, 0.1) is 46.3 Å². The van der Waals surface area contributed by atoms with Crippen LogP contribution in [0.1, 0.15) is 89.9 Å². The fraction of sp³-hybridized carbons (Fsp3) is 0.957. The van der Waals surface area contributed by atoms with Gasteiger partial charge in [-0.05, 0) is 98.7 Å². The smallest absolute Gasteiger partial charge is 0.140 e. The lowest BCUT2D eigenvalue weighted by molar-refractivity contribution is -0.137. The van der Waals surface area contributed by atoms with Crippen LogP contribution < -0.4 is 0 Å². The molecule has 0 spiro atoms. The standard InChI is InChI=1S/C23H34O/c24-21(19-13-15-7-11-22(19)9-3-1-5-17(15)22)20-14-16-8-12-23(20)10-4-2-6-18(16)23/h15-20H,1-14H2/t15-,16+,17+,18-,19-,20+,22-,23+. The lowest BCUT2D eigenvalue weighted by Crippen LogP contribution is -2.44. The molecule has 132 valence electrons. The average Bonchev–Trinajstić information content (AvgIpc) is 3.35. The fourth-order valence-electron chi connectivity index (χ4n) is 9.82. The van der Waals surface area contributed by atoms with E-state index in [1.807, 2.05) is 0 Å². The molecule has 0 aliphatic heterocycles. The van der Waals surface area contributed by atoms with Crippen LogP contribution in [-0.2, 0) is 4.79 Å². The van der Waals surface area contributed by atoms with Gasteiger partial charge in [0.05, 0.1) is 0 Å². The number of rotatable bonds is 2. The zero-order valence-corrected chi connectivity index (χ0v) is 15.3. The zero-order chi connectivity index (χ0) is 15.9. The van der Waals surface area contributed by atoms with Crippen molar-refractivity contribution in [2.24, 2.45) is 46.3 Å². The van der Waals surface area contributed by atoms with Crippen molar-refractivity contribution in [2.75, 3.05) is 0 Å². The zero-order valence-electron chi connectivity index (χ0n) is 15.3. The highest BCUT2D eigenvalue weighted by Gasteiger charge is 2.66. The Balaban J connectivity index is 1.33. The lowest BCUT2D eigenvalue weighted by atomic mass is 9.57. The Labute approximate surface area is 147 Å². The van der Waals surface area contributed by atoms with Gasteiger partial charge in [0, 0.05) is 11.8 Å². The van der Waals surface area contributed by atoms with Gasteiger partial charge in [-0.25, -0.2) is 0 Å². The third-order valence-electron chi connectivity index (χ3n) is 10.5. The molecule has 1 heteroatoms. The first-order valence-corrected chi connectivity index (χ1v) is 11.3. The fourth-order valence-corrected chi connectivity index (χ4v) is 9.82. The first kappa shape index (κ1) is 14.8. The molecule has 0 heterocycles. The first-order valence-electron chi connectivity index (χ1n) is 11.3. The van der Waals surface area contributed by atoms with Gasteiger partial charge in [-0.1, -0.05) is 25.7 Å². The van der Waals surface area contributed by atoms with Crippen molar-refractivity contribution in [1.82, 2.24) is 0 Å². The summed E-state index contributed by atoms with van der Waals surface area (Å²) in [5, 5.41) is 0. The summed E-state index contributed by atoms with van der Waals surface area (Å²) < 4.78 is 0. The van der Waals surface area contributed by atoms with Crippen LogP contribution in [0.25, 0.3) is 0 Å². The Kier molecular flexibility index (Phi) is 3.01. The van der Waals surface area contributed by atoms with E-state index in [1.165, 1.54) is 89.9 Å². The Hall–Kier alpha value is -0.330. The van der Waals surface area contributed by atoms with Crippen LogP contribution in [0.4, 0.5) is 0 Å². The van der Waals surface area contributed by atoms with Crippen molar-refractivity contribution >= 4 is 5.78 Å². The van der Waals surface area contributed by atoms with E-state index in [2.05, 4.69) is 0 Å². The average molecular weight is 327 g/mol. The maximum atomic E-state index is 13.9. The van der Waals surface area contributed by atoms with E-state index >= 15 is 0 Å². The molecule has 0 unspecified atom stereocenters. The van der Waals surface area contributed by atoms with E-state index in [0.717, 1.165) is 29.5 Å². The molecule has 6 rings (SSSR count). The first-order chi connectivity index (χ1) is 11.7. The van der Waals surface area contributed by atoms with Crippen molar-refractivity contribution < 1.29 is 4.79 Å². The number of Topliss-reactive ketones (excluding diaryl/α,β-unsaturated/α-hetero) is 1. The third kappa shape index (κ3) is 1.62. The SMILES string of the molecule is O=C([C@H]1C[C@H]2CC[C@@]13CCCC[C@@H]23)[C@@H]1C[C@@H]2CC[C@]13CCCC[C@H]23. The second-order valence-corrected chi connectivity index (χ2v) is 10.7. The minimum atomic E-state index is 0.489. The van der Waals surface area contributed by atoms with Gasteiger partial charge in [-0.15, -0.1) is 0 Å². The Bertz CT molecular complexity index is 518. The molecule has 0 aromatic heterocycles. The van der Waals surface area contributed by atoms with Crippen LogP contribution in [0.3, 0.4) is 0 Å². The number of hydrogen-bond acceptors (Lipinski definition) is 1. The maximum absolute atomic E-state index is 13.9. The van der Waals surface area contributed by atoms with Crippen molar-refractivity contribution in [3.05, 3.63) is 0 Å². The van der Waals surface area contributed by atoms with Gasteiger partial charge in [0.2, 0.25) is 0 Å². The molecular weight excluding hydrogens is 292 g/mol. The number of ketones is 1. The largest absolute Gasteiger partial charge is 0.299 e. The van der Waals surface area contributed by atoms with Crippen LogP contribution >= 0.6 is 0 Å². The van der Waals surface area contributed by atoms with Crippen LogP contribution in [0.2, 0.25) is 0 Å². The second-order valence-electron chi connectivity index (χ2n) is 10.7. The van der Waals surface area contributed by atoms with E-state index < -0.39 is 0 Å². The van der Waals surface area contributed by atoms with Crippen molar-refractivity contribution in [1.29, 1.82) is 0 Å². The molecule has 8 atom stereocenters. The van der Waals surface area contributed by atoms with Crippen LogP contribution in [0.15, 0.2) is 0 Å². The molecule has 6 saturated carbocycles. The normalized spacial score (nSPS) is 57.8. The Morgan fingerprint density at radius 2 is 1.12 bits per heavy atom. The van der Waals surface area contributed by atoms with Gasteiger partial charge in [-0.2, -0.15) is 0 Å². The summed E-state index contributed by atoms with van der Waals surface area (Å²) in [4.78, 5) is 13.9. The van der Waals surface area contributed by atoms with Crippen molar-refractivity contribution in [3.8, 4) is 0 Å². The van der Waals surface area contributed by atoms with E-state index in [9.17, 15) is 4.79 Å². The van der Waals surface area contributed by atoms with E-state index in [1.54, 1.807) is 0 Å². The summed E-state index contributed by atoms with van der Waals surface area (Å²) in [7, 11) is 0. The summed E-state index contributed by atoms with van der Waals surface area (Å²) in [5.74, 6) is 5.52. The highest BCUT2D eigenvalue weighted by atomic mass is 16.1. The van der Waals surface area contributed by atoms with Gasteiger partial charge in [-0.3, -0.25) is 4.79 Å². The molecule has 4 bridgehead atoms. The van der Waals surface area contributed by atoms with Crippen LogP contribution in [-0.4, -0.2) is 5.78 Å². The molecule has 0 aromatic rings. The second kappa shape index (κ2) is 4.89. The maximum Gasteiger partial charge on any atom is 0.140 e. The van der Waals surface area contributed by atoms with Gasteiger partial charge in [0.1, 0.15) is 5.78 Å². The Morgan fingerprint density at radius 1 is 0.625 bits per heavy atom. The topological polar surface area (TPSA) is 17.1 Å². The summed E-state index contributed by atoms with van der Waals surface area (Å²) >= 11 is 0. The number of hydrogen-bond donors (Lipinski definition) is 0. The minimum absolute atomic E-state index is 0.489. The van der Waals surface area contributed by atoms with Crippen molar-refractivity contribution in [3.63, 3.8) is 0 Å². The molecule has 6 aliphatic rings. The highest BCUT2D eigenvalue weighted by Crippen LogP contribution is 2.71. The molecule has 0 amide bonds. The summed E-state index contributed by atoms with van der Waals surface area (Å²) in [5.41, 5.74) is 0.977.